The van der Waals surface area contributed by atoms with Gasteiger partial charge in [-0.2, -0.15) is 0 Å². The molecule has 2 aliphatic rings. The van der Waals surface area contributed by atoms with Crippen molar-refractivity contribution >= 4 is 11.8 Å². The molecule has 0 aliphatic carbocycles. The number of carbonyl (C=O) groups is 2. The maximum atomic E-state index is 13.6. The van der Waals surface area contributed by atoms with E-state index in [-0.39, 0.29) is 36.3 Å². The molecule has 1 saturated heterocycles. The van der Waals surface area contributed by atoms with Crippen molar-refractivity contribution in [3.63, 3.8) is 0 Å². The molecule has 4 rings (SSSR count). The number of aliphatic hydroxyl groups excluding tert-OH is 1. The van der Waals surface area contributed by atoms with Crippen LogP contribution < -0.4 is 4.74 Å². The minimum absolute atomic E-state index is 0.0726. The first-order chi connectivity index (χ1) is 18.9. The summed E-state index contributed by atoms with van der Waals surface area (Å²) >= 11 is 0. The Bertz CT molecular complexity index is 1190. The van der Waals surface area contributed by atoms with Crippen LogP contribution in [0.4, 0.5) is 0 Å². The predicted molar refractivity (Wildman–Crippen MR) is 148 cm³/mol. The number of piperidine rings is 1. The molecule has 2 aromatic heterocycles. The first kappa shape index (κ1) is 28.5. The number of aromatic nitrogens is 2. The first-order valence-corrected chi connectivity index (χ1v) is 13.8. The number of fused-ring (bicyclic) bond motifs is 1. The van der Waals surface area contributed by atoms with E-state index in [0.717, 1.165) is 19.6 Å². The van der Waals surface area contributed by atoms with E-state index in [2.05, 4.69) is 26.7 Å². The van der Waals surface area contributed by atoms with Gasteiger partial charge in [-0.05, 0) is 57.0 Å². The van der Waals surface area contributed by atoms with Crippen molar-refractivity contribution in [1.82, 2.24) is 24.7 Å². The number of ether oxygens (including phenoxy) is 1. The minimum atomic E-state index is -0.390. The number of carbonyl (C=O) groups excluding carboxylic acids is 2. The van der Waals surface area contributed by atoms with Crippen molar-refractivity contribution < 1.29 is 19.4 Å². The van der Waals surface area contributed by atoms with E-state index < -0.39 is 6.04 Å². The molecule has 208 valence electrons. The lowest BCUT2D eigenvalue weighted by molar-refractivity contribution is -0.131. The third kappa shape index (κ3) is 7.55. The van der Waals surface area contributed by atoms with E-state index in [1.165, 1.54) is 19.3 Å². The number of pyridine rings is 2. The van der Waals surface area contributed by atoms with Gasteiger partial charge in [0.15, 0.2) is 0 Å². The molecule has 2 aliphatic heterocycles. The number of aliphatic hydroxyl groups is 1. The number of hydrogen-bond donors (Lipinski definition) is 1. The Hall–Kier alpha value is -3.48. The van der Waals surface area contributed by atoms with Crippen LogP contribution in [0.1, 0.15) is 61.1 Å². The summed E-state index contributed by atoms with van der Waals surface area (Å²) in [5.41, 5.74) is 1.46. The summed E-state index contributed by atoms with van der Waals surface area (Å²) in [6.45, 7) is 7.29. The molecule has 0 saturated carbocycles. The van der Waals surface area contributed by atoms with E-state index in [4.69, 9.17) is 4.74 Å². The Kier molecular flexibility index (Phi) is 9.90. The van der Waals surface area contributed by atoms with Crippen LogP contribution in [0.2, 0.25) is 0 Å². The summed E-state index contributed by atoms with van der Waals surface area (Å²) in [4.78, 5) is 41.0. The molecule has 0 radical (unpaired) electrons. The fourth-order valence-electron chi connectivity index (χ4n) is 4.96. The molecular formula is C30H39N5O4. The summed E-state index contributed by atoms with van der Waals surface area (Å²) in [6, 6.07) is 6.78. The summed E-state index contributed by atoms with van der Waals surface area (Å²) in [5, 5.41) is 9.89. The van der Waals surface area contributed by atoms with Gasteiger partial charge in [0.1, 0.15) is 17.4 Å². The van der Waals surface area contributed by atoms with Crippen LogP contribution in [0.25, 0.3) is 0 Å². The Morgan fingerprint density at radius 1 is 1.23 bits per heavy atom. The molecule has 4 heterocycles. The minimum Gasteiger partial charge on any atom is -0.472 e. The third-order valence-electron chi connectivity index (χ3n) is 7.49. The molecule has 0 spiro atoms. The second-order valence-corrected chi connectivity index (χ2v) is 10.6. The molecule has 0 aromatic carbocycles. The maximum Gasteiger partial charge on any atom is 0.259 e. The zero-order valence-corrected chi connectivity index (χ0v) is 23.2. The van der Waals surface area contributed by atoms with Crippen molar-refractivity contribution in [1.29, 1.82) is 0 Å². The quantitative estimate of drug-likeness (QED) is 0.546. The van der Waals surface area contributed by atoms with Gasteiger partial charge < -0.3 is 24.5 Å². The van der Waals surface area contributed by atoms with Gasteiger partial charge in [-0.25, -0.2) is 9.97 Å². The van der Waals surface area contributed by atoms with E-state index in [1.807, 2.05) is 32.0 Å². The van der Waals surface area contributed by atoms with E-state index in [1.54, 1.807) is 35.3 Å². The summed E-state index contributed by atoms with van der Waals surface area (Å²) < 4.78 is 6.33. The number of rotatable bonds is 7. The number of nitrogens with zero attached hydrogens (tertiary/aromatic N) is 5. The average molecular weight is 534 g/mol. The number of likely N-dealkylation sites (N-methyl/N-ethyl adjacent to an activating group) is 1. The third-order valence-corrected chi connectivity index (χ3v) is 7.49. The van der Waals surface area contributed by atoms with Gasteiger partial charge in [0, 0.05) is 50.4 Å². The number of hydrogen-bond acceptors (Lipinski definition) is 7. The highest BCUT2D eigenvalue weighted by Gasteiger charge is 2.34. The Morgan fingerprint density at radius 3 is 2.74 bits per heavy atom. The van der Waals surface area contributed by atoms with Crippen LogP contribution >= 0.6 is 0 Å². The topological polar surface area (TPSA) is 99.1 Å². The van der Waals surface area contributed by atoms with E-state index >= 15 is 0 Å². The highest BCUT2D eigenvalue weighted by molar-refractivity contribution is 5.97. The lowest BCUT2D eigenvalue weighted by atomic mass is 9.99. The van der Waals surface area contributed by atoms with Gasteiger partial charge in [0.25, 0.3) is 5.91 Å². The molecule has 9 nitrogen and oxygen atoms in total. The van der Waals surface area contributed by atoms with Crippen LogP contribution in [0, 0.1) is 17.8 Å². The van der Waals surface area contributed by atoms with Gasteiger partial charge >= 0.3 is 0 Å². The number of amides is 2. The standard InChI is InChI=1S/C30H39N5O4/c1-22-19-35(23(2)21-36)30(38)26-17-24(10-11-25-9-5-6-13-31-25)18-32-29(26)39-27(22)20-33(3)28(37)12-16-34-14-7-4-8-15-34/h5-6,9,13,17-18,22-23,27,36H,4,7-8,12,14-16,19-21H2,1-3H3/t22-,23-,27+/m0/s1. The van der Waals surface area contributed by atoms with Crippen molar-refractivity contribution in [3.05, 3.63) is 53.5 Å². The van der Waals surface area contributed by atoms with Crippen molar-refractivity contribution in [2.75, 3.05) is 46.4 Å². The van der Waals surface area contributed by atoms with Crippen LogP contribution in [0.3, 0.4) is 0 Å². The van der Waals surface area contributed by atoms with Crippen LogP contribution in [-0.2, 0) is 4.79 Å². The molecule has 2 amide bonds. The fourth-order valence-corrected chi connectivity index (χ4v) is 4.96. The van der Waals surface area contributed by atoms with Gasteiger partial charge in [-0.1, -0.05) is 25.3 Å². The molecule has 9 heteroatoms. The van der Waals surface area contributed by atoms with Crippen molar-refractivity contribution in [2.45, 2.75) is 51.7 Å². The monoisotopic (exact) mass is 533 g/mol. The second-order valence-electron chi connectivity index (χ2n) is 10.6. The van der Waals surface area contributed by atoms with E-state index in [0.29, 0.717) is 36.3 Å². The molecule has 1 fully saturated rings. The van der Waals surface area contributed by atoms with E-state index in [9.17, 15) is 14.7 Å². The Morgan fingerprint density at radius 2 is 2.03 bits per heavy atom. The highest BCUT2D eigenvalue weighted by atomic mass is 16.5. The molecule has 39 heavy (non-hydrogen) atoms. The summed E-state index contributed by atoms with van der Waals surface area (Å²) in [6.07, 6.45) is 7.00. The van der Waals surface area contributed by atoms with Gasteiger partial charge in [0.2, 0.25) is 11.8 Å². The Labute approximate surface area is 231 Å². The SMILES string of the molecule is C[C@H]1CN([C@@H](C)CO)C(=O)c2cc(C#Cc3ccccn3)cnc2O[C@@H]1CN(C)C(=O)CCN1CCCCC1. The molecule has 0 unspecified atom stereocenters. The summed E-state index contributed by atoms with van der Waals surface area (Å²) in [7, 11) is 1.80. The van der Waals surface area contributed by atoms with Crippen molar-refractivity contribution in [3.8, 4) is 17.7 Å². The first-order valence-electron chi connectivity index (χ1n) is 13.8. The smallest absolute Gasteiger partial charge is 0.259 e. The molecule has 2 aromatic rings. The normalized spacial score (nSPS) is 20.5. The van der Waals surface area contributed by atoms with Gasteiger partial charge in [0.05, 0.1) is 19.2 Å². The second kappa shape index (κ2) is 13.5. The van der Waals surface area contributed by atoms with Crippen LogP contribution in [0.15, 0.2) is 36.7 Å². The highest BCUT2D eigenvalue weighted by Crippen LogP contribution is 2.27. The Balaban J connectivity index is 1.54. The fraction of sp³-hybridized carbons (Fsp3) is 0.533. The van der Waals surface area contributed by atoms with Crippen LogP contribution in [0.5, 0.6) is 5.88 Å². The van der Waals surface area contributed by atoms with Crippen molar-refractivity contribution in [2.24, 2.45) is 5.92 Å². The lowest BCUT2D eigenvalue weighted by Gasteiger charge is -2.37. The maximum absolute atomic E-state index is 13.6. The lowest BCUT2D eigenvalue weighted by Crippen LogP contribution is -2.50. The van der Waals surface area contributed by atoms with Crippen LogP contribution in [-0.4, -0.2) is 100 Å². The molecule has 1 N–H and O–H groups in total. The summed E-state index contributed by atoms with van der Waals surface area (Å²) in [5.74, 6) is 5.94. The average Bonchev–Trinajstić information content (AvgIpc) is 2.97. The largest absolute Gasteiger partial charge is 0.472 e. The molecule has 0 bridgehead atoms. The van der Waals surface area contributed by atoms with Gasteiger partial charge in [-0.3, -0.25) is 9.59 Å². The molecule has 3 atom stereocenters. The molecular weight excluding hydrogens is 494 g/mol. The number of likely N-dealkylation sites (tertiary alicyclic amines) is 1. The predicted octanol–water partition coefficient (Wildman–Crippen LogP) is 2.43. The van der Waals surface area contributed by atoms with Gasteiger partial charge in [-0.15, -0.1) is 0 Å². The zero-order chi connectivity index (χ0) is 27.8. The zero-order valence-electron chi connectivity index (χ0n) is 23.2.